The zero-order valence-corrected chi connectivity index (χ0v) is 12.0. The largest absolute Gasteiger partial charge is 0.465 e. The van der Waals surface area contributed by atoms with Crippen molar-refractivity contribution in [3.8, 4) is 0 Å². The Bertz CT molecular complexity index is 448. The lowest BCUT2D eigenvalue weighted by atomic mass is 9.87. The number of methoxy groups -OCH3 is 1. The maximum atomic E-state index is 11.7. The molecule has 0 spiro atoms. The normalized spacial score (nSPS) is 22.9. The molecule has 19 heavy (non-hydrogen) atoms. The third kappa shape index (κ3) is 3.28. The van der Waals surface area contributed by atoms with Crippen LogP contribution in [0.25, 0.3) is 0 Å². The summed E-state index contributed by atoms with van der Waals surface area (Å²) in [5.74, 6) is 0.582. The highest BCUT2D eigenvalue weighted by molar-refractivity contribution is 5.92. The minimum absolute atomic E-state index is 0.265. The highest BCUT2D eigenvalue weighted by atomic mass is 16.5. The van der Waals surface area contributed by atoms with Gasteiger partial charge in [-0.2, -0.15) is 0 Å². The third-order valence-electron chi connectivity index (χ3n) is 4.11. The number of carbonyl (C=O) groups excluding carboxylic acids is 1. The molecular weight excluding hydrogens is 238 g/mol. The van der Waals surface area contributed by atoms with Crippen LogP contribution in [0, 0.1) is 12.8 Å². The first kappa shape index (κ1) is 13.9. The van der Waals surface area contributed by atoms with Crippen molar-refractivity contribution in [1.82, 2.24) is 0 Å². The van der Waals surface area contributed by atoms with E-state index in [4.69, 9.17) is 4.74 Å². The molecular formula is C16H23NO2. The van der Waals surface area contributed by atoms with Gasteiger partial charge < -0.3 is 10.1 Å². The van der Waals surface area contributed by atoms with E-state index in [0.717, 1.165) is 17.2 Å². The van der Waals surface area contributed by atoms with Crippen molar-refractivity contribution in [2.24, 2.45) is 5.92 Å². The van der Waals surface area contributed by atoms with E-state index in [1.54, 1.807) is 0 Å². The van der Waals surface area contributed by atoms with Crippen molar-refractivity contribution in [2.45, 2.75) is 45.6 Å². The number of carbonyl (C=O) groups is 1. The summed E-state index contributed by atoms with van der Waals surface area (Å²) >= 11 is 0. The van der Waals surface area contributed by atoms with Crippen molar-refractivity contribution >= 4 is 11.7 Å². The number of hydrogen-bond donors (Lipinski definition) is 1. The minimum atomic E-state index is -0.265. The van der Waals surface area contributed by atoms with Gasteiger partial charge in [-0.05, 0) is 56.2 Å². The van der Waals surface area contributed by atoms with Gasteiger partial charge in [0.15, 0.2) is 0 Å². The van der Waals surface area contributed by atoms with Crippen molar-refractivity contribution in [3.63, 3.8) is 0 Å². The molecule has 0 unspecified atom stereocenters. The second-order valence-electron chi connectivity index (χ2n) is 5.57. The number of ether oxygens (including phenoxy) is 1. The van der Waals surface area contributed by atoms with Gasteiger partial charge in [0.05, 0.1) is 12.7 Å². The van der Waals surface area contributed by atoms with E-state index in [1.165, 1.54) is 32.8 Å². The summed E-state index contributed by atoms with van der Waals surface area (Å²) in [5.41, 5.74) is 2.69. The molecule has 104 valence electrons. The van der Waals surface area contributed by atoms with Gasteiger partial charge in [0.1, 0.15) is 0 Å². The quantitative estimate of drug-likeness (QED) is 0.842. The van der Waals surface area contributed by atoms with E-state index in [-0.39, 0.29) is 5.97 Å². The lowest BCUT2D eigenvalue weighted by Crippen LogP contribution is -2.25. The molecule has 2 rings (SSSR count). The molecule has 3 nitrogen and oxygen atoms in total. The molecule has 0 heterocycles. The Morgan fingerprint density at radius 2 is 1.95 bits per heavy atom. The topological polar surface area (TPSA) is 38.3 Å². The summed E-state index contributed by atoms with van der Waals surface area (Å²) in [6.07, 6.45) is 4.99. The van der Waals surface area contributed by atoms with Crippen LogP contribution in [0.4, 0.5) is 5.69 Å². The molecule has 1 aromatic carbocycles. The summed E-state index contributed by atoms with van der Waals surface area (Å²) < 4.78 is 4.81. The van der Waals surface area contributed by atoms with Gasteiger partial charge in [0, 0.05) is 11.7 Å². The SMILES string of the molecule is COC(=O)c1cccc(NC2CCC(C)CC2)c1C. The minimum Gasteiger partial charge on any atom is -0.465 e. The van der Waals surface area contributed by atoms with Gasteiger partial charge in [-0.1, -0.05) is 13.0 Å². The molecule has 0 radical (unpaired) electrons. The summed E-state index contributed by atoms with van der Waals surface area (Å²) in [6, 6.07) is 6.30. The van der Waals surface area contributed by atoms with Crippen LogP contribution in [0.3, 0.4) is 0 Å². The number of hydrogen-bond acceptors (Lipinski definition) is 3. The highest BCUT2D eigenvalue weighted by Gasteiger charge is 2.19. The molecule has 1 aromatic rings. The summed E-state index contributed by atoms with van der Waals surface area (Å²) in [4.78, 5) is 11.7. The zero-order valence-electron chi connectivity index (χ0n) is 12.0. The Morgan fingerprint density at radius 1 is 1.26 bits per heavy atom. The fourth-order valence-electron chi connectivity index (χ4n) is 2.75. The first-order chi connectivity index (χ1) is 9.11. The maximum Gasteiger partial charge on any atom is 0.338 e. The van der Waals surface area contributed by atoms with Crippen LogP contribution in [0.1, 0.15) is 48.5 Å². The molecule has 0 amide bonds. The smallest absolute Gasteiger partial charge is 0.338 e. The molecule has 0 bridgehead atoms. The van der Waals surface area contributed by atoms with Crippen LogP contribution >= 0.6 is 0 Å². The van der Waals surface area contributed by atoms with Crippen molar-refractivity contribution < 1.29 is 9.53 Å². The molecule has 1 aliphatic carbocycles. The lowest BCUT2D eigenvalue weighted by molar-refractivity contribution is 0.0600. The predicted molar refractivity (Wildman–Crippen MR) is 77.6 cm³/mol. The first-order valence-electron chi connectivity index (χ1n) is 7.06. The Labute approximate surface area is 115 Å². The molecule has 0 aliphatic heterocycles. The molecule has 1 N–H and O–H groups in total. The lowest BCUT2D eigenvalue weighted by Gasteiger charge is -2.28. The highest BCUT2D eigenvalue weighted by Crippen LogP contribution is 2.28. The van der Waals surface area contributed by atoms with Crippen LogP contribution in [-0.4, -0.2) is 19.1 Å². The Balaban J connectivity index is 2.10. The molecule has 1 saturated carbocycles. The number of nitrogens with one attached hydrogen (secondary N) is 1. The van der Waals surface area contributed by atoms with Gasteiger partial charge in [-0.3, -0.25) is 0 Å². The first-order valence-corrected chi connectivity index (χ1v) is 7.06. The van der Waals surface area contributed by atoms with Crippen LogP contribution in [0.5, 0.6) is 0 Å². The van der Waals surface area contributed by atoms with Crippen LogP contribution in [0.15, 0.2) is 18.2 Å². The zero-order chi connectivity index (χ0) is 13.8. The van der Waals surface area contributed by atoms with Crippen LogP contribution < -0.4 is 5.32 Å². The molecule has 3 heteroatoms. The second kappa shape index (κ2) is 6.09. The van der Waals surface area contributed by atoms with E-state index in [2.05, 4.69) is 12.2 Å². The van der Waals surface area contributed by atoms with Crippen molar-refractivity contribution in [2.75, 3.05) is 12.4 Å². The van der Waals surface area contributed by atoms with E-state index in [1.807, 2.05) is 25.1 Å². The van der Waals surface area contributed by atoms with Gasteiger partial charge in [0.25, 0.3) is 0 Å². The number of anilines is 1. The summed E-state index contributed by atoms with van der Waals surface area (Å²) in [7, 11) is 1.42. The van der Waals surface area contributed by atoms with Crippen LogP contribution in [0.2, 0.25) is 0 Å². The van der Waals surface area contributed by atoms with E-state index < -0.39 is 0 Å². The average Bonchev–Trinajstić information content (AvgIpc) is 2.43. The third-order valence-corrected chi connectivity index (χ3v) is 4.11. The molecule has 1 aliphatic rings. The number of rotatable bonds is 3. The van der Waals surface area contributed by atoms with Gasteiger partial charge in [0.2, 0.25) is 0 Å². The fourth-order valence-corrected chi connectivity index (χ4v) is 2.75. The average molecular weight is 261 g/mol. The van der Waals surface area contributed by atoms with Crippen molar-refractivity contribution in [3.05, 3.63) is 29.3 Å². The molecule has 1 fully saturated rings. The molecule has 0 saturated heterocycles. The standard InChI is InChI=1S/C16H23NO2/c1-11-7-9-13(10-8-11)17-15-6-4-5-14(12(15)2)16(18)19-3/h4-6,11,13,17H,7-10H2,1-3H3. The van der Waals surface area contributed by atoms with E-state index in [9.17, 15) is 4.79 Å². The van der Waals surface area contributed by atoms with Gasteiger partial charge in [-0.25, -0.2) is 4.79 Å². The monoisotopic (exact) mass is 261 g/mol. The Kier molecular flexibility index (Phi) is 4.46. The van der Waals surface area contributed by atoms with Gasteiger partial charge in [-0.15, -0.1) is 0 Å². The van der Waals surface area contributed by atoms with E-state index in [0.29, 0.717) is 11.6 Å². The number of benzene rings is 1. The Morgan fingerprint density at radius 3 is 2.58 bits per heavy atom. The maximum absolute atomic E-state index is 11.7. The summed E-state index contributed by atoms with van der Waals surface area (Å²) in [5, 5.41) is 3.58. The summed E-state index contributed by atoms with van der Waals surface area (Å²) in [6.45, 7) is 4.29. The Hall–Kier alpha value is -1.51. The fraction of sp³-hybridized carbons (Fsp3) is 0.562. The predicted octanol–water partition coefficient (Wildman–Crippen LogP) is 3.77. The second-order valence-corrected chi connectivity index (χ2v) is 5.57. The van der Waals surface area contributed by atoms with Crippen LogP contribution in [-0.2, 0) is 4.74 Å². The molecule has 0 aromatic heterocycles. The number of esters is 1. The molecule has 0 atom stereocenters. The van der Waals surface area contributed by atoms with E-state index >= 15 is 0 Å². The van der Waals surface area contributed by atoms with Crippen molar-refractivity contribution in [1.29, 1.82) is 0 Å². The van der Waals surface area contributed by atoms with Gasteiger partial charge >= 0.3 is 5.97 Å².